The SMILES string of the molecule is CCNC(C)c1cc(F)ccc1OCC1(O)CCCCC1. The fraction of sp³-hybridized carbons (Fsp3) is 0.647. The highest BCUT2D eigenvalue weighted by atomic mass is 19.1. The zero-order chi connectivity index (χ0) is 15.3. The molecule has 0 amide bonds. The van der Waals surface area contributed by atoms with Crippen LogP contribution < -0.4 is 10.1 Å². The molecule has 2 N–H and O–H groups in total. The van der Waals surface area contributed by atoms with Crippen LogP contribution in [0.4, 0.5) is 4.39 Å². The second kappa shape index (κ2) is 7.23. The summed E-state index contributed by atoms with van der Waals surface area (Å²) in [4.78, 5) is 0. The van der Waals surface area contributed by atoms with Gasteiger partial charge in [0.05, 0.1) is 5.60 Å². The summed E-state index contributed by atoms with van der Waals surface area (Å²) in [6, 6.07) is 4.59. The van der Waals surface area contributed by atoms with E-state index in [2.05, 4.69) is 5.32 Å². The molecule has 0 aliphatic heterocycles. The molecule has 1 aliphatic rings. The minimum Gasteiger partial charge on any atom is -0.490 e. The fourth-order valence-corrected chi connectivity index (χ4v) is 2.97. The number of ether oxygens (including phenoxy) is 1. The van der Waals surface area contributed by atoms with E-state index in [9.17, 15) is 9.50 Å². The minimum absolute atomic E-state index is 0.0155. The third-order valence-corrected chi connectivity index (χ3v) is 4.23. The van der Waals surface area contributed by atoms with Crippen LogP contribution in [0.15, 0.2) is 18.2 Å². The smallest absolute Gasteiger partial charge is 0.124 e. The molecule has 1 aromatic carbocycles. The van der Waals surface area contributed by atoms with E-state index in [1.54, 1.807) is 6.07 Å². The van der Waals surface area contributed by atoms with Crippen LogP contribution in [0.1, 0.15) is 57.6 Å². The molecule has 0 spiro atoms. The highest BCUT2D eigenvalue weighted by Crippen LogP contribution is 2.31. The minimum atomic E-state index is -0.731. The zero-order valence-electron chi connectivity index (χ0n) is 13.0. The van der Waals surface area contributed by atoms with Gasteiger partial charge in [0.2, 0.25) is 0 Å². The lowest BCUT2D eigenvalue weighted by molar-refractivity contribution is -0.0342. The van der Waals surface area contributed by atoms with Gasteiger partial charge in [0, 0.05) is 11.6 Å². The second-order valence-corrected chi connectivity index (χ2v) is 6.04. The van der Waals surface area contributed by atoms with Gasteiger partial charge < -0.3 is 15.2 Å². The number of nitrogens with one attached hydrogen (secondary N) is 1. The van der Waals surface area contributed by atoms with Crippen molar-refractivity contribution in [1.82, 2.24) is 5.32 Å². The molecule has 1 atom stereocenters. The molecular formula is C17H26FNO2. The molecule has 21 heavy (non-hydrogen) atoms. The van der Waals surface area contributed by atoms with Crippen molar-refractivity contribution in [3.63, 3.8) is 0 Å². The van der Waals surface area contributed by atoms with Crippen LogP contribution in [0.5, 0.6) is 5.75 Å². The maximum absolute atomic E-state index is 13.5. The van der Waals surface area contributed by atoms with Crippen LogP contribution in [0, 0.1) is 5.82 Å². The lowest BCUT2D eigenvalue weighted by Crippen LogP contribution is -2.38. The molecule has 1 fully saturated rings. The van der Waals surface area contributed by atoms with Crippen molar-refractivity contribution >= 4 is 0 Å². The van der Waals surface area contributed by atoms with Gasteiger partial charge in [-0.15, -0.1) is 0 Å². The molecule has 1 aromatic rings. The summed E-state index contributed by atoms with van der Waals surface area (Å²) >= 11 is 0. The molecule has 0 aromatic heterocycles. The third-order valence-electron chi connectivity index (χ3n) is 4.23. The van der Waals surface area contributed by atoms with Gasteiger partial charge in [0.1, 0.15) is 18.2 Å². The Labute approximate surface area is 126 Å². The quantitative estimate of drug-likeness (QED) is 0.843. The van der Waals surface area contributed by atoms with Crippen molar-refractivity contribution in [3.8, 4) is 5.75 Å². The summed E-state index contributed by atoms with van der Waals surface area (Å²) in [5, 5.41) is 13.8. The Bertz CT molecular complexity index is 458. The van der Waals surface area contributed by atoms with Crippen LogP contribution in [0.3, 0.4) is 0 Å². The van der Waals surface area contributed by atoms with Crippen LogP contribution in [0.2, 0.25) is 0 Å². The van der Waals surface area contributed by atoms with Crippen LogP contribution in [0.25, 0.3) is 0 Å². The van der Waals surface area contributed by atoms with Crippen LogP contribution in [-0.2, 0) is 0 Å². The van der Waals surface area contributed by atoms with Crippen molar-refractivity contribution in [2.24, 2.45) is 0 Å². The monoisotopic (exact) mass is 295 g/mol. The van der Waals surface area contributed by atoms with Crippen molar-refractivity contribution in [1.29, 1.82) is 0 Å². The summed E-state index contributed by atoms with van der Waals surface area (Å²) in [5.74, 6) is 0.391. The summed E-state index contributed by atoms with van der Waals surface area (Å²) in [7, 11) is 0. The Balaban J connectivity index is 2.08. The van der Waals surface area contributed by atoms with Crippen molar-refractivity contribution in [3.05, 3.63) is 29.6 Å². The first-order chi connectivity index (χ1) is 10.0. The highest BCUT2D eigenvalue weighted by molar-refractivity contribution is 5.36. The van der Waals surface area contributed by atoms with Crippen LogP contribution in [-0.4, -0.2) is 23.9 Å². The lowest BCUT2D eigenvalue weighted by Gasteiger charge is -2.32. The number of hydrogen-bond acceptors (Lipinski definition) is 3. The van der Waals surface area contributed by atoms with Gasteiger partial charge in [0.25, 0.3) is 0 Å². The Kier molecular flexibility index (Phi) is 5.59. The molecule has 1 aliphatic carbocycles. The van der Waals surface area contributed by atoms with Gasteiger partial charge in [-0.05, 0) is 44.5 Å². The first kappa shape index (κ1) is 16.2. The second-order valence-electron chi connectivity index (χ2n) is 6.04. The molecule has 1 unspecified atom stereocenters. The van der Waals surface area contributed by atoms with Crippen molar-refractivity contribution in [2.45, 2.75) is 57.6 Å². The van der Waals surface area contributed by atoms with E-state index in [1.807, 2.05) is 13.8 Å². The number of benzene rings is 1. The molecule has 0 heterocycles. The molecule has 3 nitrogen and oxygen atoms in total. The molecule has 4 heteroatoms. The fourth-order valence-electron chi connectivity index (χ4n) is 2.97. The van der Waals surface area contributed by atoms with Gasteiger partial charge >= 0.3 is 0 Å². The predicted octanol–water partition coefficient (Wildman–Crippen LogP) is 3.57. The van der Waals surface area contributed by atoms with Gasteiger partial charge in [0.15, 0.2) is 0 Å². The maximum atomic E-state index is 13.5. The van der Waals surface area contributed by atoms with E-state index in [0.717, 1.165) is 37.8 Å². The number of aliphatic hydroxyl groups is 1. The topological polar surface area (TPSA) is 41.5 Å². The maximum Gasteiger partial charge on any atom is 0.124 e. The standard InChI is InChI=1S/C17H26FNO2/c1-3-19-13(2)15-11-14(18)7-8-16(15)21-12-17(20)9-5-4-6-10-17/h7-8,11,13,19-20H,3-6,9-10,12H2,1-2H3. The number of rotatable bonds is 6. The Morgan fingerprint density at radius 3 is 2.71 bits per heavy atom. The molecule has 118 valence electrons. The average Bonchev–Trinajstić information content (AvgIpc) is 2.47. The first-order valence-electron chi connectivity index (χ1n) is 7.92. The summed E-state index contributed by atoms with van der Waals surface area (Å²) < 4.78 is 19.3. The van der Waals surface area contributed by atoms with Crippen molar-refractivity contribution in [2.75, 3.05) is 13.2 Å². The summed E-state index contributed by atoms with van der Waals surface area (Å²) in [6.45, 7) is 5.09. The summed E-state index contributed by atoms with van der Waals surface area (Å²) in [6.07, 6.45) is 4.84. The number of halogens is 1. The van der Waals surface area contributed by atoms with Gasteiger partial charge in [-0.25, -0.2) is 4.39 Å². The highest BCUT2D eigenvalue weighted by Gasteiger charge is 2.30. The Hall–Kier alpha value is -1.13. The Morgan fingerprint density at radius 2 is 2.05 bits per heavy atom. The molecule has 0 radical (unpaired) electrons. The van der Waals surface area contributed by atoms with Gasteiger partial charge in [-0.2, -0.15) is 0 Å². The van der Waals surface area contributed by atoms with E-state index in [1.165, 1.54) is 18.6 Å². The van der Waals surface area contributed by atoms with E-state index >= 15 is 0 Å². The molecule has 2 rings (SSSR count). The Morgan fingerprint density at radius 1 is 1.33 bits per heavy atom. The molecule has 0 bridgehead atoms. The average molecular weight is 295 g/mol. The molecular weight excluding hydrogens is 269 g/mol. The lowest BCUT2D eigenvalue weighted by atomic mass is 9.85. The normalized spacial score (nSPS) is 19.2. The van der Waals surface area contributed by atoms with Crippen LogP contribution >= 0.6 is 0 Å². The van der Waals surface area contributed by atoms with Crippen molar-refractivity contribution < 1.29 is 14.2 Å². The zero-order valence-corrected chi connectivity index (χ0v) is 13.0. The molecule has 1 saturated carbocycles. The number of hydrogen-bond donors (Lipinski definition) is 2. The van der Waals surface area contributed by atoms with E-state index in [0.29, 0.717) is 5.75 Å². The predicted molar refractivity (Wildman–Crippen MR) is 82.0 cm³/mol. The van der Waals surface area contributed by atoms with Gasteiger partial charge in [-0.3, -0.25) is 0 Å². The molecule has 0 saturated heterocycles. The third kappa shape index (κ3) is 4.42. The largest absolute Gasteiger partial charge is 0.490 e. The van der Waals surface area contributed by atoms with E-state index in [4.69, 9.17) is 4.74 Å². The van der Waals surface area contributed by atoms with E-state index in [-0.39, 0.29) is 18.5 Å². The summed E-state index contributed by atoms with van der Waals surface area (Å²) in [5.41, 5.74) is 0.0713. The first-order valence-corrected chi connectivity index (χ1v) is 7.92. The van der Waals surface area contributed by atoms with E-state index < -0.39 is 5.60 Å². The van der Waals surface area contributed by atoms with Gasteiger partial charge in [-0.1, -0.05) is 26.2 Å².